The van der Waals surface area contributed by atoms with Crippen molar-refractivity contribution >= 4 is 28.0 Å². The molecule has 0 bridgehead atoms. The van der Waals surface area contributed by atoms with Gasteiger partial charge in [-0.2, -0.15) is 0 Å². The molecule has 0 aromatic carbocycles. The lowest BCUT2D eigenvalue weighted by Crippen LogP contribution is -2.67. The van der Waals surface area contributed by atoms with Gasteiger partial charge in [-0.3, -0.25) is 0 Å². The molecule has 1 aromatic rings. The Morgan fingerprint density at radius 3 is 1.11 bits per heavy atom. The van der Waals surface area contributed by atoms with Crippen molar-refractivity contribution in [2.75, 3.05) is 42.7 Å². The van der Waals surface area contributed by atoms with Crippen molar-refractivity contribution in [1.82, 2.24) is 0 Å². The summed E-state index contributed by atoms with van der Waals surface area (Å²) >= 11 is 0. The Labute approximate surface area is 115 Å². The molecule has 0 N–H and O–H groups in total. The van der Waals surface area contributed by atoms with Gasteiger partial charge in [0.1, 0.15) is 0 Å². The van der Waals surface area contributed by atoms with Crippen molar-refractivity contribution in [1.29, 1.82) is 0 Å². The maximum absolute atomic E-state index is 5.44. The molecule has 0 aliphatic carbocycles. The summed E-state index contributed by atoms with van der Waals surface area (Å²) in [7, 11) is 3.03. The highest BCUT2D eigenvalue weighted by Gasteiger charge is 2.53. The first-order valence-electron chi connectivity index (χ1n) is 5.47. The third kappa shape index (κ3) is 2.69. The van der Waals surface area contributed by atoms with Crippen LogP contribution in [-0.2, 0) is 26.6 Å². The van der Waals surface area contributed by atoms with Crippen LogP contribution in [0.1, 0.15) is 0 Å². The van der Waals surface area contributed by atoms with E-state index in [4.69, 9.17) is 31.0 Å². The van der Waals surface area contributed by atoms with Crippen LogP contribution in [0.3, 0.4) is 0 Å². The van der Waals surface area contributed by atoms with Gasteiger partial charge in [-0.05, 0) is 0 Å². The minimum Gasteiger partial charge on any atom is -0.472 e. The normalized spacial score (nSPS) is 12.9. The summed E-state index contributed by atoms with van der Waals surface area (Å²) in [5.41, 5.74) is 0. The van der Waals surface area contributed by atoms with Crippen molar-refractivity contribution in [3.05, 3.63) is 12.5 Å². The molecule has 1 heterocycles. The molecule has 0 unspecified atom stereocenters. The van der Waals surface area contributed by atoms with Crippen molar-refractivity contribution in [3.8, 4) is 0 Å². The van der Waals surface area contributed by atoms with E-state index in [9.17, 15) is 0 Å². The highest BCUT2D eigenvalue weighted by Crippen LogP contribution is 2.12. The van der Waals surface area contributed by atoms with Gasteiger partial charge in [0.25, 0.3) is 0 Å². The average Bonchev–Trinajstić information content (AvgIpc) is 2.95. The van der Waals surface area contributed by atoms with Crippen LogP contribution in [0.4, 0.5) is 0 Å². The number of hydrogen-bond donors (Lipinski definition) is 0. The van der Waals surface area contributed by atoms with Gasteiger partial charge in [-0.15, -0.1) is 0 Å². The molecule has 0 aliphatic heterocycles. The Bertz CT molecular complexity index is 336. The Balaban J connectivity index is 3.37. The lowest BCUT2D eigenvalue weighted by molar-refractivity contribution is 0.135. The Kier molecular flexibility index (Phi) is 5.89. The molecule has 110 valence electrons. The summed E-state index contributed by atoms with van der Waals surface area (Å²) in [6.45, 7) is 0. The minimum atomic E-state index is -3.04. The second kappa shape index (κ2) is 6.77. The van der Waals surface area contributed by atoms with E-state index in [1.807, 2.05) is 0 Å². The molecule has 0 saturated heterocycles. The topological polar surface area (TPSA) is 68.5 Å². The molecular formula is C10H20O7Si2. The summed E-state index contributed by atoms with van der Waals surface area (Å²) < 4.78 is 37.9. The second-order valence-electron chi connectivity index (χ2n) is 3.54. The largest absolute Gasteiger partial charge is 0.539 e. The first kappa shape index (κ1) is 16.5. The molecule has 19 heavy (non-hydrogen) atoms. The second-order valence-corrected chi connectivity index (χ2v) is 9.29. The summed E-state index contributed by atoms with van der Waals surface area (Å²) in [5.74, 6) is 0. The van der Waals surface area contributed by atoms with E-state index < -0.39 is 17.6 Å². The van der Waals surface area contributed by atoms with Gasteiger partial charge in [0.05, 0.1) is 22.9 Å². The summed E-state index contributed by atoms with van der Waals surface area (Å²) in [6.07, 6.45) is 3.02. The molecular weight excluding hydrogens is 288 g/mol. The molecule has 1 rings (SSSR count). The fraction of sp³-hybridized carbons (Fsp3) is 0.600. The van der Waals surface area contributed by atoms with Gasteiger partial charge >= 0.3 is 17.6 Å². The molecule has 0 spiro atoms. The van der Waals surface area contributed by atoms with Gasteiger partial charge in [-0.25, -0.2) is 0 Å². The van der Waals surface area contributed by atoms with Crippen molar-refractivity contribution in [2.45, 2.75) is 0 Å². The van der Waals surface area contributed by atoms with E-state index in [2.05, 4.69) is 0 Å². The van der Waals surface area contributed by atoms with Crippen LogP contribution < -0.4 is 10.4 Å². The van der Waals surface area contributed by atoms with E-state index >= 15 is 0 Å². The van der Waals surface area contributed by atoms with Crippen LogP contribution in [-0.4, -0.2) is 60.3 Å². The number of rotatable bonds is 8. The first-order valence-corrected chi connectivity index (χ1v) is 8.92. The molecule has 0 radical (unpaired) electrons. The lowest BCUT2D eigenvalue weighted by atomic mass is 10.6. The van der Waals surface area contributed by atoms with Crippen molar-refractivity contribution in [3.63, 3.8) is 0 Å². The Morgan fingerprint density at radius 1 is 0.632 bits per heavy atom. The molecule has 7 nitrogen and oxygen atoms in total. The maximum atomic E-state index is 5.44. The van der Waals surface area contributed by atoms with Crippen molar-refractivity contribution in [2.24, 2.45) is 0 Å². The van der Waals surface area contributed by atoms with Gasteiger partial charge in [0, 0.05) is 42.7 Å². The molecule has 0 amide bonds. The molecule has 9 heteroatoms. The van der Waals surface area contributed by atoms with Gasteiger partial charge in [-0.1, -0.05) is 0 Å². The molecule has 0 atom stereocenters. The highest BCUT2D eigenvalue weighted by molar-refractivity contribution is 6.86. The van der Waals surface area contributed by atoms with Crippen LogP contribution >= 0.6 is 0 Å². The van der Waals surface area contributed by atoms with Crippen LogP contribution in [0, 0.1) is 0 Å². The fourth-order valence-corrected chi connectivity index (χ4v) is 6.37. The molecule has 0 fully saturated rings. The van der Waals surface area contributed by atoms with Gasteiger partial charge < -0.3 is 31.0 Å². The average molecular weight is 308 g/mol. The zero-order chi connectivity index (χ0) is 14.5. The van der Waals surface area contributed by atoms with Crippen LogP contribution in [0.15, 0.2) is 16.9 Å². The number of furan rings is 1. The van der Waals surface area contributed by atoms with Gasteiger partial charge in [0.15, 0.2) is 0 Å². The Morgan fingerprint density at radius 2 is 0.895 bits per heavy atom. The van der Waals surface area contributed by atoms with Crippen LogP contribution in [0.5, 0.6) is 0 Å². The molecule has 0 saturated carbocycles. The maximum Gasteiger partial charge on any atom is 0.539 e. The third-order valence-electron chi connectivity index (χ3n) is 2.93. The summed E-state index contributed by atoms with van der Waals surface area (Å²) in [4.78, 5) is 0. The zero-order valence-corrected chi connectivity index (χ0v) is 14.0. The summed E-state index contributed by atoms with van der Waals surface area (Å²) in [6, 6.07) is 0. The highest BCUT2D eigenvalue weighted by atomic mass is 28.4. The Hall–Kier alpha value is -0.526. The van der Waals surface area contributed by atoms with Crippen LogP contribution in [0.2, 0.25) is 0 Å². The van der Waals surface area contributed by atoms with E-state index in [-0.39, 0.29) is 0 Å². The lowest BCUT2D eigenvalue weighted by Gasteiger charge is -2.28. The monoisotopic (exact) mass is 308 g/mol. The van der Waals surface area contributed by atoms with E-state index in [0.29, 0.717) is 10.4 Å². The molecule has 0 aliphatic rings. The zero-order valence-electron chi connectivity index (χ0n) is 12.0. The van der Waals surface area contributed by atoms with Crippen LogP contribution in [0.25, 0.3) is 0 Å². The van der Waals surface area contributed by atoms with E-state index in [1.165, 1.54) is 55.2 Å². The predicted molar refractivity (Wildman–Crippen MR) is 71.5 cm³/mol. The minimum absolute atomic E-state index is 0.636. The van der Waals surface area contributed by atoms with Gasteiger partial charge in [0.2, 0.25) is 0 Å². The third-order valence-corrected chi connectivity index (χ3v) is 8.50. The SMILES string of the molecule is CO[Si](OC)(OC)c1cocc1[Si](OC)(OC)OC. The smallest absolute Gasteiger partial charge is 0.472 e. The van der Waals surface area contributed by atoms with Crippen molar-refractivity contribution < 1.29 is 31.0 Å². The van der Waals surface area contributed by atoms with E-state index in [1.54, 1.807) is 0 Å². The molecule has 1 aromatic heterocycles. The summed E-state index contributed by atoms with van der Waals surface area (Å²) in [5, 5.41) is 1.27. The first-order chi connectivity index (χ1) is 9.09. The predicted octanol–water partition coefficient (Wildman–Crippen LogP) is -0.550. The van der Waals surface area contributed by atoms with E-state index in [0.717, 1.165) is 0 Å². The number of hydrogen-bond acceptors (Lipinski definition) is 7. The standard InChI is InChI=1S/C10H20O7Si2/c1-11-18(12-2,13-3)9-7-17-8-10(9)19(14-4,15-5)16-6/h7-8H,1-6H3. The quantitative estimate of drug-likeness (QED) is 0.597. The fourth-order valence-electron chi connectivity index (χ4n) is 1.93.